The second-order valence-corrected chi connectivity index (χ2v) is 8.53. The van der Waals surface area contributed by atoms with E-state index in [1.54, 1.807) is 24.3 Å². The molecule has 170 valence electrons. The van der Waals surface area contributed by atoms with Crippen LogP contribution in [0, 0.1) is 18.3 Å². The van der Waals surface area contributed by atoms with E-state index in [-0.39, 0.29) is 5.75 Å². The molecule has 4 rings (SSSR count). The molecule has 0 bridgehead atoms. The van der Waals surface area contributed by atoms with Gasteiger partial charge in [0, 0.05) is 5.69 Å². The van der Waals surface area contributed by atoms with Crippen molar-refractivity contribution in [3.8, 4) is 6.07 Å². The summed E-state index contributed by atoms with van der Waals surface area (Å²) in [5, 5.41) is 12.3. The minimum atomic E-state index is -0.513. The van der Waals surface area contributed by atoms with Crippen molar-refractivity contribution in [3.63, 3.8) is 0 Å². The Hall–Kier alpha value is -4.09. The Morgan fingerprint density at radius 1 is 1.09 bits per heavy atom. The molecule has 0 aliphatic carbocycles. The molecule has 0 aliphatic heterocycles. The summed E-state index contributed by atoms with van der Waals surface area (Å²) in [5.41, 5.74) is 5.10. The van der Waals surface area contributed by atoms with Crippen LogP contribution < -0.4 is 5.32 Å². The highest BCUT2D eigenvalue weighted by molar-refractivity contribution is 7.99. The highest BCUT2D eigenvalue weighted by atomic mass is 32.2. The fourth-order valence-corrected chi connectivity index (χ4v) is 4.26. The third-order valence-electron chi connectivity index (χ3n) is 5.17. The summed E-state index contributed by atoms with van der Waals surface area (Å²) in [4.78, 5) is 29.1. The van der Waals surface area contributed by atoms with Crippen molar-refractivity contribution >= 4 is 40.4 Å². The predicted octanol–water partition coefficient (Wildman–Crippen LogP) is 4.54. The number of carbonyl (C=O) groups excluding carboxylic acids is 2. The van der Waals surface area contributed by atoms with Crippen LogP contribution in [0.25, 0.3) is 11.0 Å². The number of hydrogen-bond donors (Lipinski definition) is 1. The topological polar surface area (TPSA) is 97.0 Å². The van der Waals surface area contributed by atoms with Crippen molar-refractivity contribution in [2.45, 2.75) is 18.6 Å². The highest BCUT2D eigenvalue weighted by Crippen LogP contribution is 2.26. The van der Waals surface area contributed by atoms with Gasteiger partial charge in [-0.05, 0) is 48.4 Å². The molecule has 0 saturated carbocycles. The number of anilines is 1. The average Bonchev–Trinajstić information content (AvgIpc) is 3.20. The van der Waals surface area contributed by atoms with Crippen molar-refractivity contribution in [3.05, 3.63) is 89.5 Å². The average molecular weight is 471 g/mol. The Bertz CT molecular complexity index is 1390. The van der Waals surface area contributed by atoms with Crippen molar-refractivity contribution in [1.29, 1.82) is 5.26 Å². The predicted molar refractivity (Wildman–Crippen MR) is 131 cm³/mol. The van der Waals surface area contributed by atoms with Gasteiger partial charge >= 0.3 is 5.97 Å². The van der Waals surface area contributed by atoms with Gasteiger partial charge in [0.1, 0.15) is 0 Å². The number of carbonyl (C=O) groups is 2. The number of rotatable bonds is 8. The number of fused-ring (bicyclic) bond motifs is 1. The number of amides is 1. The monoisotopic (exact) mass is 470 g/mol. The summed E-state index contributed by atoms with van der Waals surface area (Å²) < 4.78 is 7.22. The van der Waals surface area contributed by atoms with E-state index in [1.165, 1.54) is 22.9 Å². The van der Waals surface area contributed by atoms with E-state index in [1.807, 2.05) is 42.5 Å². The first-order chi connectivity index (χ1) is 16.5. The van der Waals surface area contributed by atoms with Crippen LogP contribution in [0.5, 0.6) is 0 Å². The molecule has 1 amide bonds. The van der Waals surface area contributed by atoms with Crippen LogP contribution >= 0.6 is 11.8 Å². The lowest BCUT2D eigenvalue weighted by molar-refractivity contribution is -0.144. The van der Waals surface area contributed by atoms with Crippen LogP contribution in [0.2, 0.25) is 0 Å². The zero-order valence-electron chi connectivity index (χ0n) is 18.5. The summed E-state index contributed by atoms with van der Waals surface area (Å²) in [5.74, 6) is -0.963. The van der Waals surface area contributed by atoms with Gasteiger partial charge in [0.2, 0.25) is 0 Å². The van der Waals surface area contributed by atoms with Gasteiger partial charge in [0.25, 0.3) is 5.91 Å². The van der Waals surface area contributed by atoms with Crippen molar-refractivity contribution in [1.82, 2.24) is 9.55 Å². The smallest absolute Gasteiger partial charge is 0.316 e. The normalized spacial score (nSPS) is 10.6. The molecule has 0 aliphatic rings. The quantitative estimate of drug-likeness (QED) is 0.300. The van der Waals surface area contributed by atoms with Gasteiger partial charge in [-0.2, -0.15) is 5.26 Å². The molecular formula is C26H22N4O3S. The molecule has 3 aromatic carbocycles. The lowest BCUT2D eigenvalue weighted by Gasteiger charge is -2.11. The van der Waals surface area contributed by atoms with Gasteiger partial charge in [-0.15, -0.1) is 0 Å². The number of ether oxygens (including phenoxy) is 1. The third kappa shape index (κ3) is 5.63. The Kier molecular flexibility index (Phi) is 7.25. The first kappa shape index (κ1) is 23.1. The zero-order valence-corrected chi connectivity index (χ0v) is 19.3. The first-order valence-electron chi connectivity index (χ1n) is 10.6. The molecular weight excluding hydrogens is 448 g/mol. The lowest BCUT2D eigenvalue weighted by Crippen LogP contribution is -2.21. The van der Waals surface area contributed by atoms with Gasteiger partial charge in [0.05, 0.1) is 35.0 Å². The number of aromatic nitrogens is 2. The van der Waals surface area contributed by atoms with E-state index in [2.05, 4.69) is 28.9 Å². The lowest BCUT2D eigenvalue weighted by atomic mass is 10.1. The molecule has 0 spiro atoms. The van der Waals surface area contributed by atoms with Crippen LogP contribution in [0.4, 0.5) is 5.69 Å². The van der Waals surface area contributed by atoms with Gasteiger partial charge in [-0.3, -0.25) is 9.59 Å². The summed E-state index contributed by atoms with van der Waals surface area (Å²) >= 11 is 1.28. The maximum Gasteiger partial charge on any atom is 0.316 e. The molecule has 4 aromatic rings. The highest BCUT2D eigenvalue weighted by Gasteiger charge is 2.15. The number of nitrogens with zero attached hydrogens (tertiary/aromatic N) is 3. The molecule has 0 radical (unpaired) electrons. The molecule has 0 atom stereocenters. The number of thioether (sulfide) groups is 1. The minimum Gasteiger partial charge on any atom is -0.455 e. The van der Waals surface area contributed by atoms with Crippen molar-refractivity contribution < 1.29 is 14.3 Å². The molecule has 0 fully saturated rings. The number of nitriles is 1. The van der Waals surface area contributed by atoms with Gasteiger partial charge in [-0.25, -0.2) is 4.98 Å². The van der Waals surface area contributed by atoms with Crippen LogP contribution in [-0.2, 0) is 20.9 Å². The maximum absolute atomic E-state index is 12.3. The number of benzene rings is 3. The van der Waals surface area contributed by atoms with E-state index in [0.717, 1.165) is 11.0 Å². The number of aryl methyl sites for hydroxylation is 1. The van der Waals surface area contributed by atoms with Crippen LogP contribution in [0.3, 0.4) is 0 Å². The fourth-order valence-electron chi connectivity index (χ4n) is 3.45. The summed E-state index contributed by atoms with van der Waals surface area (Å²) in [7, 11) is 0. The summed E-state index contributed by atoms with van der Waals surface area (Å²) in [6, 6.07) is 24.5. The third-order valence-corrected chi connectivity index (χ3v) is 6.12. The molecule has 0 unspecified atom stereocenters. The molecule has 8 heteroatoms. The second-order valence-electron chi connectivity index (χ2n) is 7.59. The molecule has 1 heterocycles. The molecule has 0 saturated heterocycles. The van der Waals surface area contributed by atoms with Crippen LogP contribution in [-0.4, -0.2) is 33.8 Å². The Morgan fingerprint density at radius 2 is 1.88 bits per heavy atom. The van der Waals surface area contributed by atoms with E-state index in [9.17, 15) is 9.59 Å². The van der Waals surface area contributed by atoms with E-state index in [4.69, 9.17) is 15.0 Å². The second kappa shape index (κ2) is 10.7. The summed E-state index contributed by atoms with van der Waals surface area (Å²) in [6.45, 7) is 2.30. The molecule has 34 heavy (non-hydrogen) atoms. The number of imidazole rings is 1. The fraction of sp³-hybridized carbons (Fsp3) is 0.154. The van der Waals surface area contributed by atoms with Gasteiger partial charge < -0.3 is 14.6 Å². The number of nitrogens with one attached hydrogen (secondary N) is 1. The number of hydrogen-bond acceptors (Lipinski definition) is 6. The van der Waals surface area contributed by atoms with Crippen molar-refractivity contribution in [2.24, 2.45) is 0 Å². The van der Waals surface area contributed by atoms with E-state index < -0.39 is 18.5 Å². The Balaban J connectivity index is 1.38. The molecule has 1 aromatic heterocycles. The number of esters is 1. The van der Waals surface area contributed by atoms with Crippen LogP contribution in [0.15, 0.2) is 78.0 Å². The maximum atomic E-state index is 12.3. The number of para-hydroxylation sites is 2. The first-order valence-corrected chi connectivity index (χ1v) is 11.6. The Morgan fingerprint density at radius 3 is 2.71 bits per heavy atom. The Labute approximate surface area is 201 Å². The van der Waals surface area contributed by atoms with Gasteiger partial charge in [0.15, 0.2) is 11.8 Å². The minimum absolute atomic E-state index is 0.0221. The van der Waals surface area contributed by atoms with E-state index >= 15 is 0 Å². The molecule has 7 nitrogen and oxygen atoms in total. The SMILES string of the molecule is Cc1ccccc1Cn1c(SCC(=O)OCC(=O)Nc2cccc(C#N)c2)nc2ccccc21. The standard InChI is InChI=1S/C26H22N4O3S/c1-18-7-2-3-9-20(18)15-30-23-12-5-4-11-22(23)29-26(30)34-17-25(32)33-16-24(31)28-21-10-6-8-19(13-21)14-27/h2-13H,15-17H2,1H3,(H,28,31). The van der Waals surface area contributed by atoms with Gasteiger partial charge in [-0.1, -0.05) is 54.2 Å². The zero-order chi connectivity index (χ0) is 23.9. The van der Waals surface area contributed by atoms with E-state index in [0.29, 0.717) is 23.0 Å². The van der Waals surface area contributed by atoms with Crippen molar-refractivity contribution in [2.75, 3.05) is 17.7 Å². The summed E-state index contributed by atoms with van der Waals surface area (Å²) in [6.07, 6.45) is 0. The molecule has 1 N–H and O–H groups in total. The van der Waals surface area contributed by atoms with Crippen LogP contribution in [0.1, 0.15) is 16.7 Å². The largest absolute Gasteiger partial charge is 0.455 e.